The summed E-state index contributed by atoms with van der Waals surface area (Å²) in [5.74, 6) is -0.229. The summed E-state index contributed by atoms with van der Waals surface area (Å²) in [5, 5.41) is 4.82. The van der Waals surface area contributed by atoms with Gasteiger partial charge in [0, 0.05) is 25.2 Å². The topological polar surface area (TPSA) is 114 Å². The highest BCUT2D eigenvalue weighted by Gasteiger charge is 2.72. The molecular weight excluding hydrogens is 608 g/mol. The van der Waals surface area contributed by atoms with Crippen molar-refractivity contribution in [3.05, 3.63) is 64.5 Å². The molecular formula is C39H48N2O7. The van der Waals surface area contributed by atoms with Gasteiger partial charge in [0.25, 0.3) is 0 Å². The van der Waals surface area contributed by atoms with Gasteiger partial charge in [-0.15, -0.1) is 0 Å². The van der Waals surface area contributed by atoms with E-state index in [4.69, 9.17) is 19.3 Å². The fraction of sp³-hybridized carbons (Fsp3) is 0.615. The normalized spacial score (nSPS) is 36.2. The number of carbonyl (C=O) groups is 4. The second-order valence-corrected chi connectivity index (χ2v) is 15.6. The Hall–Kier alpha value is -3.75. The van der Waals surface area contributed by atoms with Gasteiger partial charge in [-0.05, 0) is 91.9 Å². The molecule has 9 nitrogen and oxygen atoms in total. The Morgan fingerprint density at radius 2 is 1.67 bits per heavy atom. The lowest BCUT2D eigenvalue weighted by atomic mass is 9.44. The fourth-order valence-electron chi connectivity index (χ4n) is 11.8. The van der Waals surface area contributed by atoms with Crippen LogP contribution in [0, 0.1) is 39.9 Å². The zero-order valence-electron chi connectivity index (χ0n) is 29.0. The smallest absolute Gasteiger partial charge is 0.359 e. The highest BCUT2D eigenvalue weighted by Crippen LogP contribution is 2.74. The Balaban J connectivity index is 1.35. The maximum absolute atomic E-state index is 14.5. The van der Waals surface area contributed by atoms with E-state index in [-0.39, 0.29) is 51.9 Å². The van der Waals surface area contributed by atoms with Crippen LogP contribution in [0.5, 0.6) is 0 Å². The molecule has 0 radical (unpaired) electrons. The van der Waals surface area contributed by atoms with E-state index in [2.05, 4.69) is 32.1 Å². The molecule has 5 aliphatic rings. The van der Waals surface area contributed by atoms with Crippen molar-refractivity contribution in [1.82, 2.24) is 9.78 Å². The number of methoxy groups -OCH3 is 2. The molecule has 9 atom stereocenters. The molecule has 0 bridgehead atoms. The Bertz CT molecular complexity index is 1690. The van der Waals surface area contributed by atoms with Gasteiger partial charge in [0.05, 0.1) is 26.0 Å². The number of nitrogens with zero attached hydrogens (tertiary/aromatic N) is 2. The molecule has 3 saturated carbocycles. The minimum Gasteiger partial charge on any atom is -0.465 e. The van der Waals surface area contributed by atoms with Crippen molar-refractivity contribution >= 4 is 23.7 Å². The lowest BCUT2D eigenvalue weighted by molar-refractivity contribution is -0.151. The maximum Gasteiger partial charge on any atom is 0.359 e. The number of allylic oxidation sites excluding steroid dienone is 1. The molecule has 0 unspecified atom stereocenters. The monoisotopic (exact) mass is 656 g/mol. The molecule has 1 aliphatic heterocycles. The van der Waals surface area contributed by atoms with Gasteiger partial charge < -0.3 is 14.2 Å². The molecule has 2 aromatic rings. The van der Waals surface area contributed by atoms with Crippen molar-refractivity contribution in [3.63, 3.8) is 0 Å². The molecule has 9 heteroatoms. The number of hydrogen-bond acceptors (Lipinski definition) is 8. The molecule has 2 heterocycles. The van der Waals surface area contributed by atoms with E-state index in [9.17, 15) is 19.2 Å². The number of hydrogen-bond donors (Lipinski definition) is 0. The number of Topliss-reactive ketones (excluding diaryl/α,β-unsaturated/α-hetero) is 1. The van der Waals surface area contributed by atoms with Crippen molar-refractivity contribution in [2.75, 3.05) is 14.2 Å². The number of fused-ring (bicyclic) bond motifs is 8. The second-order valence-electron chi connectivity index (χ2n) is 15.6. The molecule has 4 aliphatic carbocycles. The van der Waals surface area contributed by atoms with Crippen LogP contribution in [0.25, 0.3) is 0 Å². The SMILES string of the molecule is COC(=O)c1nn2c(c1C(=O)OC)C[C@]1(C(C)=O)[C@@H](C[C@H]3[C@@H]4CC=C5C[C@@H](OC(C)=O)CC[C@]5(C)[C@H]4CC[C@@]31C)[C@H]2Cc1ccccc1. The van der Waals surface area contributed by atoms with Gasteiger partial charge in [-0.25, -0.2) is 9.59 Å². The Kier molecular flexibility index (Phi) is 7.99. The Morgan fingerprint density at radius 3 is 2.33 bits per heavy atom. The minimum atomic E-state index is -0.744. The van der Waals surface area contributed by atoms with Crippen LogP contribution in [0.15, 0.2) is 42.0 Å². The third-order valence-electron chi connectivity index (χ3n) is 13.9. The number of ether oxygens (including phenoxy) is 3. The van der Waals surface area contributed by atoms with Crippen molar-refractivity contribution in [3.8, 4) is 0 Å². The van der Waals surface area contributed by atoms with Gasteiger partial charge in [-0.2, -0.15) is 5.10 Å². The first kappa shape index (κ1) is 32.8. The van der Waals surface area contributed by atoms with Crippen molar-refractivity contribution < 1.29 is 33.4 Å². The third-order valence-corrected chi connectivity index (χ3v) is 13.9. The first-order valence-corrected chi connectivity index (χ1v) is 17.6. The molecule has 0 spiro atoms. The lowest BCUT2D eigenvalue weighted by Crippen LogP contribution is -2.57. The molecule has 1 aromatic heterocycles. The summed E-state index contributed by atoms with van der Waals surface area (Å²) in [7, 11) is 2.59. The van der Waals surface area contributed by atoms with Crippen LogP contribution in [0.4, 0.5) is 0 Å². The van der Waals surface area contributed by atoms with E-state index >= 15 is 0 Å². The first-order valence-electron chi connectivity index (χ1n) is 17.6. The van der Waals surface area contributed by atoms with Crippen LogP contribution in [-0.4, -0.2) is 53.8 Å². The molecule has 1 aromatic carbocycles. The summed E-state index contributed by atoms with van der Waals surface area (Å²) in [6.45, 7) is 8.01. The molecule has 3 fully saturated rings. The molecule has 7 rings (SSSR count). The van der Waals surface area contributed by atoms with E-state index < -0.39 is 17.4 Å². The molecule has 48 heavy (non-hydrogen) atoms. The van der Waals surface area contributed by atoms with E-state index in [1.54, 1.807) is 6.92 Å². The summed E-state index contributed by atoms with van der Waals surface area (Å²) in [6.07, 6.45) is 9.78. The number of carbonyl (C=O) groups excluding carboxylic acids is 4. The fourth-order valence-corrected chi connectivity index (χ4v) is 11.8. The average Bonchev–Trinajstić information content (AvgIpc) is 3.58. The van der Waals surface area contributed by atoms with Crippen molar-refractivity contribution in [2.24, 2.45) is 39.9 Å². The minimum absolute atomic E-state index is 0.0368. The number of benzene rings is 1. The van der Waals surface area contributed by atoms with Gasteiger partial charge in [0.2, 0.25) is 0 Å². The highest BCUT2D eigenvalue weighted by atomic mass is 16.5. The number of ketones is 1. The summed E-state index contributed by atoms with van der Waals surface area (Å²) >= 11 is 0. The van der Waals surface area contributed by atoms with Gasteiger partial charge in [-0.3, -0.25) is 14.3 Å². The van der Waals surface area contributed by atoms with Crippen molar-refractivity contribution in [2.45, 2.75) is 97.6 Å². The van der Waals surface area contributed by atoms with Gasteiger partial charge in [0.15, 0.2) is 5.69 Å². The molecule has 0 saturated heterocycles. The Morgan fingerprint density at radius 1 is 0.938 bits per heavy atom. The van der Waals surface area contributed by atoms with Crippen LogP contribution in [0.1, 0.15) is 111 Å². The summed E-state index contributed by atoms with van der Waals surface area (Å²) in [4.78, 5) is 52.8. The largest absolute Gasteiger partial charge is 0.465 e. The molecule has 0 amide bonds. The average molecular weight is 657 g/mol. The maximum atomic E-state index is 14.5. The predicted molar refractivity (Wildman–Crippen MR) is 177 cm³/mol. The van der Waals surface area contributed by atoms with Crippen LogP contribution in [-0.2, 0) is 36.6 Å². The Labute approximate surface area is 282 Å². The quantitative estimate of drug-likeness (QED) is 0.197. The van der Waals surface area contributed by atoms with Gasteiger partial charge in [0.1, 0.15) is 17.5 Å². The zero-order valence-corrected chi connectivity index (χ0v) is 29.0. The predicted octanol–water partition coefficient (Wildman–Crippen LogP) is 6.49. The summed E-state index contributed by atoms with van der Waals surface area (Å²) in [5.41, 5.74) is 2.19. The summed E-state index contributed by atoms with van der Waals surface area (Å²) in [6, 6.07) is 9.97. The highest BCUT2D eigenvalue weighted by molar-refractivity contribution is 6.03. The third kappa shape index (κ3) is 4.58. The standard InChI is InChI=1S/C39H48N2O7/c1-22(42)39-21-32-33(35(44)46-5)34(36(45)47-6)40-41(32)31(18-24-10-8-7-9-11-24)30(39)20-29-27-13-12-25-19-26(48-23(2)43)14-16-37(25,3)28(27)15-17-38(29,39)4/h7-12,26-31H,13-21H2,1-6H3/t26-,27+,28-,29-,30-,31+,37-,38-,39-/m0/s1. The van der Waals surface area contributed by atoms with E-state index in [1.807, 2.05) is 22.9 Å². The van der Waals surface area contributed by atoms with E-state index in [0.717, 1.165) is 50.5 Å². The first-order chi connectivity index (χ1) is 22.9. The van der Waals surface area contributed by atoms with E-state index in [1.165, 1.54) is 26.7 Å². The van der Waals surface area contributed by atoms with Crippen LogP contribution in [0.3, 0.4) is 0 Å². The van der Waals surface area contributed by atoms with Crippen LogP contribution in [0.2, 0.25) is 0 Å². The molecule has 256 valence electrons. The number of rotatable bonds is 6. The zero-order chi connectivity index (χ0) is 34.2. The van der Waals surface area contributed by atoms with Crippen LogP contribution >= 0.6 is 0 Å². The summed E-state index contributed by atoms with van der Waals surface area (Å²) < 4.78 is 17.9. The van der Waals surface area contributed by atoms with Crippen molar-refractivity contribution in [1.29, 1.82) is 0 Å². The van der Waals surface area contributed by atoms with Gasteiger partial charge in [-0.1, -0.05) is 55.8 Å². The van der Waals surface area contributed by atoms with E-state index in [0.29, 0.717) is 36.3 Å². The lowest BCUT2D eigenvalue weighted by Gasteiger charge is -2.60. The molecule has 0 N–H and O–H groups in total. The number of esters is 3. The second kappa shape index (κ2) is 11.7. The van der Waals surface area contributed by atoms with Crippen LogP contribution < -0.4 is 0 Å². The van der Waals surface area contributed by atoms with Gasteiger partial charge >= 0.3 is 17.9 Å². The number of aromatic nitrogens is 2.